The molecular formula is C23H29N5O. The van der Waals surface area contributed by atoms with Crippen molar-refractivity contribution >= 4 is 17.5 Å². The van der Waals surface area contributed by atoms with Crippen LogP contribution in [0.3, 0.4) is 0 Å². The van der Waals surface area contributed by atoms with E-state index in [0.29, 0.717) is 30.8 Å². The molecule has 1 heterocycles. The van der Waals surface area contributed by atoms with E-state index in [2.05, 4.69) is 41.3 Å². The second-order valence-corrected chi connectivity index (χ2v) is 7.00. The average molecular weight is 392 g/mol. The maximum atomic E-state index is 6.20. The van der Waals surface area contributed by atoms with Crippen molar-refractivity contribution in [1.29, 1.82) is 0 Å². The van der Waals surface area contributed by atoms with Crippen LogP contribution in [0, 0.1) is 0 Å². The molecule has 5 N–H and O–H groups in total. The second kappa shape index (κ2) is 9.89. The van der Waals surface area contributed by atoms with Crippen LogP contribution in [0.25, 0.3) is 11.1 Å². The lowest BCUT2D eigenvalue weighted by molar-refractivity contribution is 0.105. The zero-order chi connectivity index (χ0) is 20.6. The lowest BCUT2D eigenvalue weighted by Crippen LogP contribution is -2.16. The first-order valence-electron chi connectivity index (χ1n) is 10.0. The van der Waals surface area contributed by atoms with E-state index in [0.717, 1.165) is 35.2 Å². The smallest absolute Gasteiger partial charge is 0.222 e. The van der Waals surface area contributed by atoms with Crippen LogP contribution in [0.4, 0.5) is 17.5 Å². The van der Waals surface area contributed by atoms with E-state index in [9.17, 15) is 0 Å². The van der Waals surface area contributed by atoms with E-state index in [-0.39, 0.29) is 5.95 Å². The first-order valence-corrected chi connectivity index (χ1v) is 10.0. The Bertz CT molecular complexity index is 909. The molecule has 0 saturated heterocycles. The average Bonchev–Trinajstić information content (AvgIpc) is 2.73. The second-order valence-electron chi connectivity index (χ2n) is 7.00. The standard InChI is InChI=1S/C23H29N5O/c1-3-18(4-2)26-19-12-10-17(11-13-19)21-20(27-23(25)28-22(21)24)15-29-14-16-8-6-5-7-9-16/h5-13,18,26H,3-4,14-15H2,1-2H3,(H4,24,25,27,28). The number of nitrogens with two attached hydrogens (primary N) is 2. The maximum Gasteiger partial charge on any atom is 0.222 e. The normalized spacial score (nSPS) is 11.0. The monoisotopic (exact) mass is 391 g/mol. The Morgan fingerprint density at radius 1 is 0.897 bits per heavy atom. The van der Waals surface area contributed by atoms with E-state index in [4.69, 9.17) is 16.2 Å². The number of benzene rings is 2. The Morgan fingerprint density at radius 2 is 1.59 bits per heavy atom. The summed E-state index contributed by atoms with van der Waals surface area (Å²) in [7, 11) is 0. The third kappa shape index (κ3) is 5.45. The summed E-state index contributed by atoms with van der Waals surface area (Å²) in [6.07, 6.45) is 2.17. The molecule has 0 radical (unpaired) electrons. The summed E-state index contributed by atoms with van der Waals surface area (Å²) in [5, 5.41) is 3.54. The molecule has 0 fully saturated rings. The van der Waals surface area contributed by atoms with Crippen LogP contribution in [0.5, 0.6) is 0 Å². The highest BCUT2D eigenvalue weighted by Crippen LogP contribution is 2.30. The molecule has 0 aliphatic carbocycles. The summed E-state index contributed by atoms with van der Waals surface area (Å²) in [6, 6.07) is 18.6. The molecule has 0 unspecified atom stereocenters. The van der Waals surface area contributed by atoms with Gasteiger partial charge in [0.05, 0.1) is 18.9 Å². The SMILES string of the molecule is CCC(CC)Nc1ccc(-c2c(N)nc(N)nc2COCc2ccccc2)cc1. The van der Waals surface area contributed by atoms with Gasteiger partial charge in [0.2, 0.25) is 5.95 Å². The first kappa shape index (κ1) is 20.6. The summed E-state index contributed by atoms with van der Waals surface area (Å²) in [5.74, 6) is 0.507. The third-order valence-electron chi connectivity index (χ3n) is 4.91. The van der Waals surface area contributed by atoms with Gasteiger partial charge >= 0.3 is 0 Å². The van der Waals surface area contributed by atoms with Crippen molar-refractivity contribution in [3.8, 4) is 11.1 Å². The van der Waals surface area contributed by atoms with Crippen molar-refractivity contribution in [2.75, 3.05) is 16.8 Å². The minimum Gasteiger partial charge on any atom is -0.383 e. The van der Waals surface area contributed by atoms with Crippen molar-refractivity contribution in [3.05, 3.63) is 65.9 Å². The van der Waals surface area contributed by atoms with Crippen LogP contribution >= 0.6 is 0 Å². The van der Waals surface area contributed by atoms with E-state index >= 15 is 0 Å². The van der Waals surface area contributed by atoms with E-state index in [1.54, 1.807) is 0 Å². The van der Waals surface area contributed by atoms with Crippen molar-refractivity contribution in [2.45, 2.75) is 45.9 Å². The van der Waals surface area contributed by atoms with Gasteiger partial charge in [-0.15, -0.1) is 0 Å². The molecule has 0 spiro atoms. The minimum atomic E-state index is 0.150. The van der Waals surface area contributed by atoms with Crippen LogP contribution < -0.4 is 16.8 Å². The highest BCUT2D eigenvalue weighted by molar-refractivity contribution is 5.77. The lowest BCUT2D eigenvalue weighted by Gasteiger charge is -2.17. The summed E-state index contributed by atoms with van der Waals surface area (Å²) in [6.45, 7) is 5.16. The fourth-order valence-corrected chi connectivity index (χ4v) is 3.27. The van der Waals surface area contributed by atoms with Gasteiger partial charge in [0.25, 0.3) is 0 Å². The van der Waals surface area contributed by atoms with Gasteiger partial charge in [0, 0.05) is 17.3 Å². The molecule has 1 aromatic heterocycles. The van der Waals surface area contributed by atoms with Gasteiger partial charge in [-0.1, -0.05) is 56.3 Å². The van der Waals surface area contributed by atoms with Crippen LogP contribution in [0.2, 0.25) is 0 Å². The van der Waals surface area contributed by atoms with Crippen molar-refractivity contribution in [3.63, 3.8) is 0 Å². The van der Waals surface area contributed by atoms with Crippen molar-refractivity contribution < 1.29 is 4.74 Å². The third-order valence-corrected chi connectivity index (χ3v) is 4.91. The van der Waals surface area contributed by atoms with Crippen molar-refractivity contribution in [2.24, 2.45) is 0 Å². The number of nitrogens with one attached hydrogen (secondary N) is 1. The molecular weight excluding hydrogens is 362 g/mol. The number of hydrogen-bond donors (Lipinski definition) is 3. The highest BCUT2D eigenvalue weighted by Gasteiger charge is 2.14. The number of nitrogen functional groups attached to an aromatic ring is 2. The Labute approximate surface area is 172 Å². The molecule has 3 rings (SSSR count). The fourth-order valence-electron chi connectivity index (χ4n) is 3.27. The molecule has 6 heteroatoms. The van der Waals surface area contributed by atoms with E-state index in [1.165, 1.54) is 0 Å². The summed E-state index contributed by atoms with van der Waals surface area (Å²) < 4.78 is 5.87. The first-order chi connectivity index (χ1) is 14.1. The molecule has 0 amide bonds. The van der Waals surface area contributed by atoms with Gasteiger partial charge in [-0.2, -0.15) is 4.98 Å². The maximum absolute atomic E-state index is 6.20. The molecule has 3 aromatic rings. The number of hydrogen-bond acceptors (Lipinski definition) is 6. The number of rotatable bonds is 9. The minimum absolute atomic E-state index is 0.150. The van der Waals surface area contributed by atoms with Crippen LogP contribution in [-0.2, 0) is 18.0 Å². The molecule has 0 aliphatic rings. The molecule has 0 saturated carbocycles. The predicted molar refractivity (Wildman–Crippen MR) is 119 cm³/mol. The van der Waals surface area contributed by atoms with Crippen molar-refractivity contribution in [1.82, 2.24) is 9.97 Å². The molecule has 152 valence electrons. The molecule has 0 aliphatic heterocycles. The number of anilines is 3. The van der Waals surface area contributed by atoms with Gasteiger partial charge in [0.1, 0.15) is 5.82 Å². The van der Waals surface area contributed by atoms with Gasteiger partial charge in [0.15, 0.2) is 0 Å². The zero-order valence-corrected chi connectivity index (χ0v) is 17.1. The quantitative estimate of drug-likeness (QED) is 0.492. The summed E-state index contributed by atoms with van der Waals surface area (Å²) in [5.41, 5.74) is 16.6. The lowest BCUT2D eigenvalue weighted by atomic mass is 10.0. The summed E-state index contributed by atoms with van der Waals surface area (Å²) >= 11 is 0. The Kier molecular flexibility index (Phi) is 7.03. The highest BCUT2D eigenvalue weighted by atomic mass is 16.5. The van der Waals surface area contributed by atoms with Crippen LogP contribution in [0.15, 0.2) is 54.6 Å². The number of nitrogens with zero attached hydrogens (tertiary/aromatic N) is 2. The van der Waals surface area contributed by atoms with Gasteiger partial charge < -0.3 is 21.5 Å². The molecule has 0 bridgehead atoms. The Balaban J connectivity index is 1.79. The Hall–Kier alpha value is -3.12. The van der Waals surface area contributed by atoms with Gasteiger partial charge in [-0.05, 0) is 36.1 Å². The number of aromatic nitrogens is 2. The Morgan fingerprint density at radius 3 is 2.24 bits per heavy atom. The van der Waals surface area contributed by atoms with E-state index in [1.807, 2.05) is 42.5 Å². The molecule has 0 atom stereocenters. The number of ether oxygens (including phenoxy) is 1. The van der Waals surface area contributed by atoms with Crippen LogP contribution in [-0.4, -0.2) is 16.0 Å². The topological polar surface area (TPSA) is 99.1 Å². The zero-order valence-electron chi connectivity index (χ0n) is 17.1. The van der Waals surface area contributed by atoms with Gasteiger partial charge in [-0.3, -0.25) is 0 Å². The predicted octanol–water partition coefficient (Wildman–Crippen LogP) is 4.63. The molecule has 2 aromatic carbocycles. The molecule has 6 nitrogen and oxygen atoms in total. The largest absolute Gasteiger partial charge is 0.383 e. The van der Waals surface area contributed by atoms with Gasteiger partial charge in [-0.25, -0.2) is 4.98 Å². The van der Waals surface area contributed by atoms with Crippen LogP contribution in [0.1, 0.15) is 37.9 Å². The fraction of sp³-hybridized carbons (Fsp3) is 0.304. The molecule has 29 heavy (non-hydrogen) atoms. The van der Waals surface area contributed by atoms with E-state index < -0.39 is 0 Å². The summed E-state index contributed by atoms with van der Waals surface area (Å²) in [4.78, 5) is 8.53.